The van der Waals surface area contributed by atoms with Crippen molar-refractivity contribution in [3.05, 3.63) is 17.2 Å². The van der Waals surface area contributed by atoms with Crippen LogP contribution in [0, 0.1) is 0 Å². The summed E-state index contributed by atoms with van der Waals surface area (Å²) in [6.07, 6.45) is 0. The van der Waals surface area contributed by atoms with Gasteiger partial charge in [0.2, 0.25) is 0 Å². The van der Waals surface area contributed by atoms with Crippen LogP contribution in [0.4, 0.5) is 11.4 Å². The van der Waals surface area contributed by atoms with E-state index in [-0.39, 0.29) is 0 Å². The monoisotopic (exact) mass is 269 g/mol. The molecule has 1 heterocycles. The summed E-state index contributed by atoms with van der Waals surface area (Å²) in [4.78, 5) is 4.67. The highest BCUT2D eigenvalue weighted by molar-refractivity contribution is 6.34. The van der Waals surface area contributed by atoms with E-state index < -0.39 is 0 Å². The van der Waals surface area contributed by atoms with E-state index in [9.17, 15) is 0 Å². The van der Waals surface area contributed by atoms with Crippen LogP contribution in [-0.4, -0.2) is 44.7 Å². The molecule has 1 aromatic rings. The molecule has 1 aliphatic rings. The Morgan fingerprint density at radius 2 is 1.94 bits per heavy atom. The molecule has 0 radical (unpaired) electrons. The molecule has 0 amide bonds. The summed E-state index contributed by atoms with van der Waals surface area (Å²) in [7, 11) is 1.62. The Morgan fingerprint density at radius 1 is 1.28 bits per heavy atom. The van der Waals surface area contributed by atoms with Crippen molar-refractivity contribution >= 4 is 23.0 Å². The van der Waals surface area contributed by atoms with E-state index in [2.05, 4.69) is 16.7 Å². The molecule has 0 aliphatic carbocycles. The molecule has 1 saturated heterocycles. The van der Waals surface area contributed by atoms with Crippen LogP contribution in [-0.2, 0) is 0 Å². The molecular weight excluding hydrogens is 250 g/mol. The fourth-order valence-corrected chi connectivity index (χ4v) is 2.67. The standard InChI is InChI=1S/C13H20ClN3O/c1-3-16-4-6-17(7-5-16)13-11(14)8-10(18-2)9-12(13)15/h8-9H,3-7,15H2,1-2H3. The number of nitrogens with zero attached hydrogens (tertiary/aromatic N) is 2. The highest BCUT2D eigenvalue weighted by Crippen LogP contribution is 2.36. The zero-order valence-electron chi connectivity index (χ0n) is 10.9. The van der Waals surface area contributed by atoms with Gasteiger partial charge < -0.3 is 20.3 Å². The average molecular weight is 270 g/mol. The number of methoxy groups -OCH3 is 1. The fraction of sp³-hybridized carbons (Fsp3) is 0.538. The van der Waals surface area contributed by atoms with Gasteiger partial charge in [-0.15, -0.1) is 0 Å². The van der Waals surface area contributed by atoms with E-state index >= 15 is 0 Å². The minimum atomic E-state index is 0.664. The van der Waals surface area contributed by atoms with Gasteiger partial charge in [-0.1, -0.05) is 18.5 Å². The van der Waals surface area contributed by atoms with Gasteiger partial charge in [-0.25, -0.2) is 0 Å². The maximum absolute atomic E-state index is 6.30. The van der Waals surface area contributed by atoms with Crippen molar-refractivity contribution in [3.63, 3.8) is 0 Å². The van der Waals surface area contributed by atoms with Crippen LogP contribution in [0.25, 0.3) is 0 Å². The molecule has 100 valence electrons. The summed E-state index contributed by atoms with van der Waals surface area (Å²) < 4.78 is 5.16. The van der Waals surface area contributed by atoms with Gasteiger partial charge in [-0.05, 0) is 6.54 Å². The lowest BCUT2D eigenvalue weighted by Crippen LogP contribution is -2.46. The topological polar surface area (TPSA) is 41.7 Å². The lowest BCUT2D eigenvalue weighted by molar-refractivity contribution is 0.271. The van der Waals surface area contributed by atoms with Crippen molar-refractivity contribution in [3.8, 4) is 5.75 Å². The third-order valence-corrected chi connectivity index (χ3v) is 3.73. The summed E-state index contributed by atoms with van der Waals surface area (Å²) in [5, 5.41) is 0.664. The minimum absolute atomic E-state index is 0.664. The first-order valence-electron chi connectivity index (χ1n) is 6.26. The molecule has 1 fully saturated rings. The predicted octanol–water partition coefficient (Wildman–Crippen LogP) is 2.07. The number of benzene rings is 1. The number of nitrogen functional groups attached to an aromatic ring is 1. The Labute approximate surface area is 113 Å². The van der Waals surface area contributed by atoms with Gasteiger partial charge in [0.05, 0.1) is 23.5 Å². The van der Waals surface area contributed by atoms with E-state index in [1.165, 1.54) is 0 Å². The Balaban J connectivity index is 2.19. The molecule has 0 bridgehead atoms. The zero-order valence-corrected chi connectivity index (χ0v) is 11.7. The molecule has 4 nitrogen and oxygen atoms in total. The maximum atomic E-state index is 6.30. The second kappa shape index (κ2) is 5.67. The van der Waals surface area contributed by atoms with E-state index in [0.29, 0.717) is 16.5 Å². The van der Waals surface area contributed by atoms with Gasteiger partial charge in [-0.2, -0.15) is 0 Å². The van der Waals surface area contributed by atoms with Crippen molar-refractivity contribution in [2.24, 2.45) is 0 Å². The van der Waals surface area contributed by atoms with Crippen molar-refractivity contribution in [2.45, 2.75) is 6.92 Å². The minimum Gasteiger partial charge on any atom is -0.497 e. The number of halogens is 1. The number of anilines is 2. The molecule has 2 N–H and O–H groups in total. The van der Waals surface area contributed by atoms with Crippen LogP contribution in [0.5, 0.6) is 5.75 Å². The summed E-state index contributed by atoms with van der Waals surface area (Å²) >= 11 is 6.30. The van der Waals surface area contributed by atoms with Gasteiger partial charge in [0.25, 0.3) is 0 Å². The lowest BCUT2D eigenvalue weighted by atomic mass is 10.2. The molecule has 0 atom stereocenters. The Bertz CT molecular complexity index is 394. The number of hydrogen-bond donors (Lipinski definition) is 1. The van der Waals surface area contributed by atoms with E-state index in [4.69, 9.17) is 22.1 Å². The number of nitrogens with two attached hydrogens (primary N) is 1. The maximum Gasteiger partial charge on any atom is 0.122 e. The zero-order chi connectivity index (χ0) is 13.1. The number of rotatable bonds is 3. The molecule has 1 aromatic carbocycles. The third kappa shape index (κ3) is 2.65. The molecule has 0 aromatic heterocycles. The van der Waals surface area contributed by atoms with Crippen LogP contribution in [0.2, 0.25) is 5.02 Å². The fourth-order valence-electron chi connectivity index (χ4n) is 2.33. The van der Waals surface area contributed by atoms with E-state index in [1.54, 1.807) is 7.11 Å². The van der Waals surface area contributed by atoms with Crippen LogP contribution in [0.1, 0.15) is 6.92 Å². The average Bonchev–Trinajstić information content (AvgIpc) is 2.38. The quantitative estimate of drug-likeness (QED) is 0.853. The van der Waals surface area contributed by atoms with Crippen molar-refractivity contribution < 1.29 is 4.74 Å². The first-order chi connectivity index (χ1) is 8.65. The molecule has 1 aliphatic heterocycles. The van der Waals surface area contributed by atoms with Crippen LogP contribution >= 0.6 is 11.6 Å². The first kappa shape index (κ1) is 13.3. The predicted molar refractivity (Wildman–Crippen MR) is 76.7 cm³/mol. The van der Waals surface area contributed by atoms with Crippen molar-refractivity contribution in [1.29, 1.82) is 0 Å². The molecule has 2 rings (SSSR count). The number of piperazine rings is 1. The summed E-state index contributed by atoms with van der Waals surface area (Å²) in [6.45, 7) is 7.31. The second-order valence-corrected chi connectivity index (χ2v) is 4.88. The van der Waals surface area contributed by atoms with Gasteiger partial charge in [-0.3, -0.25) is 0 Å². The summed E-state index contributed by atoms with van der Waals surface area (Å²) in [6, 6.07) is 3.65. The lowest BCUT2D eigenvalue weighted by Gasteiger charge is -2.36. The van der Waals surface area contributed by atoms with Crippen molar-refractivity contribution in [1.82, 2.24) is 4.90 Å². The highest BCUT2D eigenvalue weighted by Gasteiger charge is 2.20. The van der Waals surface area contributed by atoms with E-state index in [1.807, 2.05) is 12.1 Å². The molecule has 18 heavy (non-hydrogen) atoms. The number of hydrogen-bond acceptors (Lipinski definition) is 4. The summed E-state index contributed by atoms with van der Waals surface area (Å²) in [5.74, 6) is 0.702. The smallest absolute Gasteiger partial charge is 0.122 e. The van der Waals surface area contributed by atoms with Gasteiger partial charge in [0.15, 0.2) is 0 Å². The Hall–Kier alpha value is -1.13. The molecule has 0 unspecified atom stereocenters. The SMILES string of the molecule is CCN1CCN(c2c(N)cc(OC)cc2Cl)CC1. The van der Waals surface area contributed by atoms with Crippen molar-refractivity contribution in [2.75, 3.05) is 50.5 Å². The Kier molecular flexibility index (Phi) is 4.19. The molecule has 5 heteroatoms. The van der Waals surface area contributed by atoms with Crippen LogP contribution in [0.3, 0.4) is 0 Å². The van der Waals surface area contributed by atoms with Crippen LogP contribution < -0.4 is 15.4 Å². The molecule has 0 spiro atoms. The number of likely N-dealkylation sites (N-methyl/N-ethyl adjacent to an activating group) is 1. The third-order valence-electron chi connectivity index (χ3n) is 3.44. The van der Waals surface area contributed by atoms with Crippen LogP contribution in [0.15, 0.2) is 12.1 Å². The summed E-state index contributed by atoms with van der Waals surface area (Å²) in [5.41, 5.74) is 7.70. The van der Waals surface area contributed by atoms with Gasteiger partial charge >= 0.3 is 0 Å². The first-order valence-corrected chi connectivity index (χ1v) is 6.63. The highest BCUT2D eigenvalue weighted by atomic mass is 35.5. The second-order valence-electron chi connectivity index (χ2n) is 4.47. The molecular formula is C13H20ClN3O. The van der Waals surface area contributed by atoms with E-state index in [0.717, 1.165) is 38.4 Å². The van der Waals surface area contributed by atoms with Gasteiger partial charge in [0, 0.05) is 38.3 Å². The molecule has 0 saturated carbocycles. The van der Waals surface area contributed by atoms with Gasteiger partial charge in [0.1, 0.15) is 5.75 Å². The largest absolute Gasteiger partial charge is 0.497 e. The Morgan fingerprint density at radius 3 is 2.44 bits per heavy atom. The normalized spacial score (nSPS) is 16.9. The number of ether oxygens (including phenoxy) is 1.